The van der Waals surface area contributed by atoms with Gasteiger partial charge in [-0.1, -0.05) is 23.7 Å². The van der Waals surface area contributed by atoms with Gasteiger partial charge in [0.2, 0.25) is 5.91 Å². The van der Waals surface area contributed by atoms with E-state index in [1.54, 1.807) is 24.3 Å². The number of rotatable bonds is 2. The molecule has 1 fully saturated rings. The number of nitrogens with zero attached hydrogens (tertiary/aromatic N) is 1. The molecule has 0 aliphatic carbocycles. The van der Waals surface area contributed by atoms with E-state index < -0.39 is 0 Å². The Morgan fingerprint density at radius 3 is 2.72 bits per heavy atom. The Balaban J connectivity index is 1.43. The number of carbonyl (C=O) groups excluding carboxylic acids is 2. The summed E-state index contributed by atoms with van der Waals surface area (Å²) in [4.78, 5) is 26.6. The fourth-order valence-corrected chi connectivity index (χ4v) is 3.51. The number of amides is 3. The molecule has 2 heterocycles. The standard InChI is InChI=1S/C18H17ClN4O2/c19-11-5-7-12(8-6-11)20-18(25)21-13-9-16-17(24)22-14-3-1-2-4-15(14)23(16)10-13/h1-8,13,16H,9-10H2,(H,22,24)(H2,20,21,25). The summed E-state index contributed by atoms with van der Waals surface area (Å²) in [5.74, 6) is -0.0268. The van der Waals surface area contributed by atoms with Crippen molar-refractivity contribution < 1.29 is 9.59 Å². The fourth-order valence-electron chi connectivity index (χ4n) is 3.39. The van der Waals surface area contributed by atoms with Gasteiger partial charge in [-0.15, -0.1) is 0 Å². The average Bonchev–Trinajstić information content (AvgIpc) is 3.01. The van der Waals surface area contributed by atoms with Crippen LogP contribution in [0, 0.1) is 0 Å². The van der Waals surface area contributed by atoms with Crippen molar-refractivity contribution in [2.75, 3.05) is 22.1 Å². The maximum Gasteiger partial charge on any atom is 0.319 e. The smallest absolute Gasteiger partial charge is 0.319 e. The molecular weight excluding hydrogens is 340 g/mol. The number of urea groups is 1. The normalized spacial score (nSPS) is 21.2. The molecule has 0 saturated carbocycles. The molecule has 6 nitrogen and oxygen atoms in total. The molecule has 2 unspecified atom stereocenters. The SMILES string of the molecule is O=C(Nc1ccc(Cl)cc1)NC1CC2C(=O)Nc3ccccc3N2C1. The van der Waals surface area contributed by atoms with E-state index in [0.717, 1.165) is 11.4 Å². The first kappa shape index (κ1) is 15.8. The second kappa shape index (κ2) is 6.29. The molecule has 0 spiro atoms. The molecule has 1 saturated heterocycles. The van der Waals surface area contributed by atoms with Gasteiger partial charge >= 0.3 is 6.03 Å². The highest BCUT2D eigenvalue weighted by molar-refractivity contribution is 6.30. The summed E-state index contributed by atoms with van der Waals surface area (Å²) in [6.07, 6.45) is 0.578. The van der Waals surface area contributed by atoms with Gasteiger partial charge in [0.25, 0.3) is 0 Å². The third-order valence-electron chi connectivity index (χ3n) is 4.51. The van der Waals surface area contributed by atoms with Crippen LogP contribution in [0.2, 0.25) is 5.02 Å². The topological polar surface area (TPSA) is 73.5 Å². The molecule has 7 heteroatoms. The third-order valence-corrected chi connectivity index (χ3v) is 4.76. The van der Waals surface area contributed by atoms with E-state index in [9.17, 15) is 9.59 Å². The Hall–Kier alpha value is -2.73. The predicted octanol–water partition coefficient (Wildman–Crippen LogP) is 3.06. The summed E-state index contributed by atoms with van der Waals surface area (Å²) in [7, 11) is 0. The van der Waals surface area contributed by atoms with Crippen LogP contribution in [0.3, 0.4) is 0 Å². The van der Waals surface area contributed by atoms with Gasteiger partial charge in [-0.3, -0.25) is 4.79 Å². The average molecular weight is 357 g/mol. The van der Waals surface area contributed by atoms with Crippen LogP contribution in [-0.2, 0) is 4.79 Å². The van der Waals surface area contributed by atoms with Crippen molar-refractivity contribution in [2.45, 2.75) is 18.5 Å². The molecule has 0 aromatic heterocycles. The van der Waals surface area contributed by atoms with Crippen molar-refractivity contribution in [3.05, 3.63) is 53.6 Å². The van der Waals surface area contributed by atoms with Crippen LogP contribution in [0.1, 0.15) is 6.42 Å². The number of benzene rings is 2. The van der Waals surface area contributed by atoms with E-state index in [-0.39, 0.29) is 24.0 Å². The number of hydrogen-bond donors (Lipinski definition) is 3. The van der Waals surface area contributed by atoms with E-state index in [1.807, 2.05) is 24.3 Å². The van der Waals surface area contributed by atoms with E-state index in [0.29, 0.717) is 23.7 Å². The first-order valence-electron chi connectivity index (χ1n) is 8.10. The largest absolute Gasteiger partial charge is 0.356 e. The number of halogens is 1. The minimum Gasteiger partial charge on any atom is -0.356 e. The minimum absolute atomic E-state index is 0.0268. The third kappa shape index (κ3) is 3.13. The van der Waals surface area contributed by atoms with Crippen LogP contribution in [0.25, 0.3) is 0 Å². The molecule has 2 aliphatic heterocycles. The first-order chi connectivity index (χ1) is 12.1. The lowest BCUT2D eigenvalue weighted by molar-refractivity contribution is -0.117. The summed E-state index contributed by atoms with van der Waals surface area (Å²) in [5.41, 5.74) is 2.48. The van der Waals surface area contributed by atoms with Gasteiger partial charge in [-0.2, -0.15) is 0 Å². The van der Waals surface area contributed by atoms with Gasteiger partial charge in [0.1, 0.15) is 6.04 Å². The van der Waals surface area contributed by atoms with Crippen molar-refractivity contribution in [1.29, 1.82) is 0 Å². The fraction of sp³-hybridized carbons (Fsp3) is 0.222. The molecule has 3 amide bonds. The number of hydrogen-bond acceptors (Lipinski definition) is 3. The van der Waals surface area contributed by atoms with Crippen LogP contribution >= 0.6 is 11.6 Å². The molecule has 3 N–H and O–H groups in total. The van der Waals surface area contributed by atoms with Crippen LogP contribution < -0.4 is 20.9 Å². The summed E-state index contributed by atoms with van der Waals surface area (Å²) in [6, 6.07) is 14.0. The quantitative estimate of drug-likeness (QED) is 0.774. The second-order valence-electron chi connectivity index (χ2n) is 6.21. The maximum atomic E-state index is 12.3. The molecule has 25 heavy (non-hydrogen) atoms. The lowest BCUT2D eigenvalue weighted by Gasteiger charge is -2.32. The van der Waals surface area contributed by atoms with E-state index >= 15 is 0 Å². The van der Waals surface area contributed by atoms with E-state index in [2.05, 4.69) is 20.9 Å². The molecule has 0 radical (unpaired) electrons. The first-order valence-corrected chi connectivity index (χ1v) is 8.47. The van der Waals surface area contributed by atoms with Crippen LogP contribution in [0.15, 0.2) is 48.5 Å². The van der Waals surface area contributed by atoms with Crippen LogP contribution in [0.4, 0.5) is 21.9 Å². The van der Waals surface area contributed by atoms with Gasteiger partial charge in [0.05, 0.1) is 17.4 Å². The lowest BCUT2D eigenvalue weighted by atomic mass is 10.1. The van der Waals surface area contributed by atoms with Crippen LogP contribution in [0.5, 0.6) is 0 Å². The Morgan fingerprint density at radius 2 is 1.92 bits per heavy atom. The highest BCUT2D eigenvalue weighted by Gasteiger charge is 2.41. The van der Waals surface area contributed by atoms with Gasteiger partial charge in [-0.05, 0) is 42.8 Å². The zero-order valence-electron chi connectivity index (χ0n) is 13.3. The molecule has 2 aromatic carbocycles. The molecule has 128 valence electrons. The van der Waals surface area contributed by atoms with Gasteiger partial charge < -0.3 is 20.9 Å². The highest BCUT2D eigenvalue weighted by Crippen LogP contribution is 2.36. The summed E-state index contributed by atoms with van der Waals surface area (Å²) in [5, 5.41) is 9.27. The van der Waals surface area contributed by atoms with Gasteiger partial charge in [0.15, 0.2) is 0 Å². The van der Waals surface area contributed by atoms with Gasteiger partial charge in [-0.25, -0.2) is 4.79 Å². The Labute approximate surface area is 150 Å². The number of fused-ring (bicyclic) bond motifs is 3. The summed E-state index contributed by atoms with van der Waals surface area (Å²) < 4.78 is 0. The second-order valence-corrected chi connectivity index (χ2v) is 6.65. The van der Waals surface area contributed by atoms with E-state index in [1.165, 1.54) is 0 Å². The lowest BCUT2D eigenvalue weighted by Crippen LogP contribution is -2.44. The molecule has 4 rings (SSSR count). The molecule has 2 aromatic rings. The molecular formula is C18H17ClN4O2. The monoisotopic (exact) mass is 356 g/mol. The van der Waals surface area contributed by atoms with Crippen molar-refractivity contribution in [1.82, 2.24) is 5.32 Å². The minimum atomic E-state index is -0.291. The molecule has 0 bridgehead atoms. The highest BCUT2D eigenvalue weighted by atomic mass is 35.5. The van der Waals surface area contributed by atoms with E-state index in [4.69, 9.17) is 11.6 Å². The summed E-state index contributed by atoms with van der Waals surface area (Å²) in [6.45, 7) is 0.600. The maximum absolute atomic E-state index is 12.3. The van der Waals surface area contributed by atoms with Crippen LogP contribution in [-0.4, -0.2) is 30.6 Å². The zero-order valence-corrected chi connectivity index (χ0v) is 14.1. The number of para-hydroxylation sites is 2. The summed E-state index contributed by atoms with van der Waals surface area (Å²) >= 11 is 5.84. The predicted molar refractivity (Wildman–Crippen MR) is 98.2 cm³/mol. The zero-order chi connectivity index (χ0) is 17.4. The van der Waals surface area contributed by atoms with Crippen molar-refractivity contribution >= 4 is 40.6 Å². The van der Waals surface area contributed by atoms with Crippen molar-refractivity contribution in [2.24, 2.45) is 0 Å². The number of nitrogens with one attached hydrogen (secondary N) is 3. The Kier molecular flexibility index (Phi) is 3.97. The number of anilines is 3. The molecule has 2 aliphatic rings. The Bertz CT molecular complexity index is 824. The number of carbonyl (C=O) groups is 2. The van der Waals surface area contributed by atoms with Crippen molar-refractivity contribution in [3.63, 3.8) is 0 Å². The van der Waals surface area contributed by atoms with Gasteiger partial charge in [0, 0.05) is 17.3 Å². The Morgan fingerprint density at radius 1 is 1.16 bits per heavy atom. The van der Waals surface area contributed by atoms with Crippen molar-refractivity contribution in [3.8, 4) is 0 Å². The molecule has 2 atom stereocenters.